The lowest BCUT2D eigenvalue weighted by molar-refractivity contribution is -0.116. The summed E-state index contributed by atoms with van der Waals surface area (Å²) in [5.41, 5.74) is 1.61. The number of carbonyl (C=O) groups excluding carboxylic acids is 8. The van der Waals surface area contributed by atoms with Crippen LogP contribution in [0.15, 0.2) is 82.7 Å². The fraction of sp³-hybridized carbons (Fsp3) is 0.222. The molecule has 0 saturated heterocycles. The quantitative estimate of drug-likeness (QED) is 0.125. The van der Waals surface area contributed by atoms with Crippen LogP contribution in [-0.4, -0.2) is 67.6 Å². The predicted octanol–water partition coefficient (Wildman–Crippen LogP) is 7.05. The maximum absolute atomic E-state index is 12.2. The molecule has 0 bridgehead atoms. The van der Waals surface area contributed by atoms with Crippen molar-refractivity contribution in [3.05, 3.63) is 118 Å². The van der Waals surface area contributed by atoms with E-state index >= 15 is 0 Å². The summed E-state index contributed by atoms with van der Waals surface area (Å²) in [4.78, 5) is 88.2. The van der Waals surface area contributed by atoms with E-state index in [1.54, 1.807) is 55.5 Å². The van der Waals surface area contributed by atoms with Gasteiger partial charge in [-0.1, -0.05) is 93.5 Å². The van der Waals surface area contributed by atoms with E-state index in [0.29, 0.717) is 32.1 Å². The summed E-state index contributed by atoms with van der Waals surface area (Å²) in [7, 11) is 0. The average molecular weight is 865 g/mol. The molecule has 2 unspecified atom stereocenters. The molecule has 2 aliphatic rings. The van der Waals surface area contributed by atoms with E-state index in [9.17, 15) is 43.5 Å². The second-order valence-electron chi connectivity index (χ2n) is 10.2. The molecule has 1 heterocycles. The first-order chi connectivity index (χ1) is 22.9. The summed E-state index contributed by atoms with van der Waals surface area (Å²) < 4.78 is 5.62. The zero-order chi connectivity index (χ0) is 37.6. The molecule has 3 aromatic rings. The number of Topliss-reactive ketones (excluding diaryl/α,β-unsaturated/α-hetero) is 5. The first kappa shape index (κ1) is 43.0. The van der Waals surface area contributed by atoms with Gasteiger partial charge in [0.2, 0.25) is 5.78 Å². The van der Waals surface area contributed by atoms with Crippen LogP contribution in [0.3, 0.4) is 0 Å². The number of benzene rings is 2. The number of halogens is 3. The van der Waals surface area contributed by atoms with E-state index in [0.717, 1.165) is 0 Å². The van der Waals surface area contributed by atoms with Crippen molar-refractivity contribution in [2.75, 3.05) is 5.33 Å². The zero-order valence-corrected chi connectivity index (χ0v) is 31.8. The van der Waals surface area contributed by atoms with Crippen LogP contribution in [-0.2, 0) is 14.4 Å². The Morgan fingerprint density at radius 3 is 1.71 bits per heavy atom. The van der Waals surface area contributed by atoms with Gasteiger partial charge in [-0.3, -0.25) is 38.4 Å². The Hall–Kier alpha value is -4.04. The third-order valence-corrected chi connectivity index (χ3v) is 9.41. The van der Waals surface area contributed by atoms with Crippen molar-refractivity contribution in [1.29, 1.82) is 0 Å². The SMILES string of the molecule is C=C(Br)C(C)=O.C=CC(C)=O.CC(=O)C(Br)CBr.CC(=O)c1cc2c(o1)C(=O)c1ccccc1C2=O.O=C1CC(O)C(=O)c2ccccc21. The van der Waals surface area contributed by atoms with Crippen LogP contribution in [0.25, 0.3) is 0 Å². The Morgan fingerprint density at radius 2 is 1.33 bits per heavy atom. The number of fused-ring (bicyclic) bond motifs is 3. The van der Waals surface area contributed by atoms with Crippen LogP contribution in [0.1, 0.15) is 97.4 Å². The number of ketones is 8. The molecule has 13 heteroatoms. The zero-order valence-electron chi connectivity index (χ0n) is 27.0. The van der Waals surface area contributed by atoms with Crippen LogP contribution in [0.5, 0.6) is 0 Å². The van der Waals surface area contributed by atoms with Gasteiger partial charge in [-0.25, -0.2) is 0 Å². The van der Waals surface area contributed by atoms with Crippen LogP contribution in [0.2, 0.25) is 0 Å². The number of hydrogen-bond donors (Lipinski definition) is 1. The Balaban J connectivity index is 0.000000339. The van der Waals surface area contributed by atoms with E-state index in [4.69, 9.17) is 4.42 Å². The van der Waals surface area contributed by atoms with Crippen LogP contribution >= 0.6 is 47.8 Å². The Morgan fingerprint density at radius 1 is 0.878 bits per heavy atom. The van der Waals surface area contributed by atoms with Gasteiger partial charge in [0.15, 0.2) is 46.2 Å². The number of hydrogen-bond acceptors (Lipinski definition) is 10. The maximum Gasteiger partial charge on any atom is 0.229 e. The lowest BCUT2D eigenvalue weighted by atomic mass is 9.88. The molecule has 1 aromatic heterocycles. The van der Waals surface area contributed by atoms with E-state index in [1.807, 2.05) is 0 Å². The van der Waals surface area contributed by atoms with E-state index in [-0.39, 0.29) is 74.6 Å². The topological polar surface area (TPSA) is 170 Å². The molecule has 0 fully saturated rings. The molecule has 0 spiro atoms. The summed E-state index contributed by atoms with van der Waals surface area (Å²) >= 11 is 9.19. The minimum absolute atomic E-state index is 0.00694. The smallest absolute Gasteiger partial charge is 0.229 e. The third-order valence-electron chi connectivity index (χ3n) is 6.37. The monoisotopic (exact) mass is 862 g/mol. The molecule has 2 aliphatic carbocycles. The summed E-state index contributed by atoms with van der Waals surface area (Å²) in [5.74, 6) is -1.30. The summed E-state index contributed by atoms with van der Waals surface area (Å²) in [6.45, 7) is 12.3. The van der Waals surface area contributed by atoms with Gasteiger partial charge in [0.05, 0.1) is 14.9 Å². The van der Waals surface area contributed by atoms with Crippen molar-refractivity contribution >= 4 is 94.1 Å². The molecule has 2 atom stereocenters. The number of alkyl halides is 2. The second kappa shape index (κ2) is 20.5. The summed E-state index contributed by atoms with van der Waals surface area (Å²) in [5, 5.41) is 9.92. The number of allylic oxidation sites excluding steroid dienone is 2. The van der Waals surface area contributed by atoms with Crippen LogP contribution in [0, 0.1) is 0 Å². The van der Waals surface area contributed by atoms with Gasteiger partial charge in [0.1, 0.15) is 11.9 Å². The molecular weight excluding hydrogens is 832 g/mol. The van der Waals surface area contributed by atoms with Crippen LogP contribution < -0.4 is 0 Å². The lowest BCUT2D eigenvalue weighted by Gasteiger charge is -2.17. The molecule has 0 saturated carbocycles. The average Bonchev–Trinajstić information content (AvgIpc) is 3.54. The third kappa shape index (κ3) is 12.7. The Kier molecular flexibility index (Phi) is 18.0. The first-order valence-corrected chi connectivity index (χ1v) is 17.1. The van der Waals surface area contributed by atoms with Gasteiger partial charge in [-0.15, -0.1) is 0 Å². The molecular formula is C36H33Br3O10. The molecule has 49 heavy (non-hydrogen) atoms. The van der Waals surface area contributed by atoms with Gasteiger partial charge in [0.25, 0.3) is 0 Å². The van der Waals surface area contributed by atoms with E-state index in [2.05, 4.69) is 60.9 Å². The van der Waals surface area contributed by atoms with Gasteiger partial charge in [-0.05, 0) is 48.8 Å². The van der Waals surface area contributed by atoms with Crippen molar-refractivity contribution in [2.45, 2.75) is 45.0 Å². The van der Waals surface area contributed by atoms with Crippen molar-refractivity contribution in [2.24, 2.45) is 0 Å². The Labute approximate surface area is 308 Å². The molecule has 10 nitrogen and oxygen atoms in total. The fourth-order valence-electron chi connectivity index (χ4n) is 3.66. The number of rotatable bonds is 5. The van der Waals surface area contributed by atoms with Crippen LogP contribution in [0.4, 0.5) is 0 Å². The minimum Gasteiger partial charge on any atom is -0.449 e. The highest BCUT2D eigenvalue weighted by atomic mass is 79.9. The number of carbonyl (C=O) groups is 8. The number of aliphatic hydroxyl groups is 1. The Bertz CT molecular complexity index is 1740. The van der Waals surface area contributed by atoms with Gasteiger partial charge >= 0.3 is 0 Å². The van der Waals surface area contributed by atoms with Gasteiger partial charge < -0.3 is 9.52 Å². The molecule has 258 valence electrons. The van der Waals surface area contributed by atoms with Crippen molar-refractivity contribution < 1.29 is 47.9 Å². The van der Waals surface area contributed by atoms with Crippen molar-refractivity contribution in [3.8, 4) is 0 Å². The number of furan rings is 1. The predicted molar refractivity (Wildman–Crippen MR) is 195 cm³/mol. The molecule has 0 radical (unpaired) electrons. The number of aliphatic hydroxyl groups excluding tert-OH is 1. The maximum atomic E-state index is 12.2. The van der Waals surface area contributed by atoms with Gasteiger partial charge in [0, 0.05) is 40.9 Å². The summed E-state index contributed by atoms with van der Waals surface area (Å²) in [6.07, 6.45) is 0.0398. The summed E-state index contributed by atoms with van der Waals surface area (Å²) in [6, 6.07) is 14.5. The highest BCUT2D eigenvalue weighted by molar-refractivity contribution is 9.12. The van der Waals surface area contributed by atoms with E-state index in [1.165, 1.54) is 32.9 Å². The molecule has 0 aliphatic heterocycles. The second-order valence-corrected chi connectivity index (χ2v) is 12.9. The van der Waals surface area contributed by atoms with Gasteiger partial charge in [-0.2, -0.15) is 0 Å². The highest BCUT2D eigenvalue weighted by Crippen LogP contribution is 2.29. The largest absolute Gasteiger partial charge is 0.449 e. The van der Waals surface area contributed by atoms with Crippen molar-refractivity contribution in [3.63, 3.8) is 0 Å². The minimum atomic E-state index is -1.15. The van der Waals surface area contributed by atoms with Crippen molar-refractivity contribution in [1.82, 2.24) is 0 Å². The lowest BCUT2D eigenvalue weighted by Crippen LogP contribution is -2.30. The first-order valence-electron chi connectivity index (χ1n) is 14.3. The molecule has 5 rings (SSSR count). The highest BCUT2D eigenvalue weighted by Gasteiger charge is 2.34. The normalized spacial score (nSPS) is 14.1. The van der Waals surface area contributed by atoms with E-state index < -0.39 is 6.10 Å². The fourth-order valence-corrected chi connectivity index (χ4v) is 4.11. The molecule has 1 N–H and O–H groups in total. The molecule has 2 aromatic carbocycles. The standard InChI is InChI=1S/C14H8O4.C10H8O3.C4H6Br2O.C4H5BrO.C4H6O/c1-7(15)11-6-10-12(16)8-4-2-3-5-9(8)13(17)14(10)18-11;11-8-5-9(12)10(13)7-4-2-1-3-6(7)8;1-3(7)4(6)2-5;1-3(5)4(2)6;1-3-4(2)5/h2-6H,1H3;1-4,9,12H,5H2;4H,2H2,1H3;1H2,2H3;3H,1H2,2H3. The molecule has 0 amide bonds.